The highest BCUT2D eigenvalue weighted by molar-refractivity contribution is 7.22. The van der Waals surface area contributed by atoms with Gasteiger partial charge in [0, 0.05) is 21.7 Å². The second kappa shape index (κ2) is 4.37. The summed E-state index contributed by atoms with van der Waals surface area (Å²) < 4.78 is 0.994. The minimum absolute atomic E-state index is 0.0857. The molecule has 0 aliphatic carbocycles. The molecular weight excluding hydrogens is 262 g/mol. The van der Waals surface area contributed by atoms with Gasteiger partial charge in [-0.25, -0.2) is 0 Å². The molecule has 19 heavy (non-hydrogen) atoms. The normalized spacial score (nSPS) is 10.7. The van der Waals surface area contributed by atoms with E-state index in [9.17, 15) is 15.2 Å². The van der Waals surface area contributed by atoms with Gasteiger partial charge in [-0.1, -0.05) is 0 Å². The average Bonchev–Trinajstić information content (AvgIpc) is 2.81. The molecule has 3 aromatic rings. The van der Waals surface area contributed by atoms with Crippen LogP contribution in [-0.2, 0) is 0 Å². The first-order valence-electron chi connectivity index (χ1n) is 5.61. The van der Waals surface area contributed by atoms with Gasteiger partial charge in [-0.2, -0.15) is 0 Å². The fourth-order valence-electron chi connectivity index (χ4n) is 1.91. The number of non-ortho nitro benzene ring substituents is 1. The van der Waals surface area contributed by atoms with Crippen LogP contribution in [0, 0.1) is 10.1 Å². The number of nitro groups is 1. The molecule has 3 rings (SSSR count). The molecule has 0 bridgehead atoms. The molecule has 0 unspecified atom stereocenters. The molecule has 5 heteroatoms. The molecule has 0 radical (unpaired) electrons. The van der Waals surface area contributed by atoms with Crippen LogP contribution < -0.4 is 0 Å². The lowest BCUT2D eigenvalue weighted by Gasteiger charge is -1.96. The number of phenolic OH excluding ortho intramolecular Hbond substituents is 1. The first-order chi connectivity index (χ1) is 9.13. The van der Waals surface area contributed by atoms with E-state index >= 15 is 0 Å². The van der Waals surface area contributed by atoms with Crippen LogP contribution in [0.5, 0.6) is 5.75 Å². The van der Waals surface area contributed by atoms with Crippen LogP contribution in [0.15, 0.2) is 48.5 Å². The third-order valence-corrected chi connectivity index (χ3v) is 4.01. The number of nitrogens with zero attached hydrogens (tertiary/aromatic N) is 1. The zero-order valence-electron chi connectivity index (χ0n) is 9.74. The fourth-order valence-corrected chi connectivity index (χ4v) is 3.01. The van der Waals surface area contributed by atoms with Crippen molar-refractivity contribution < 1.29 is 10.0 Å². The summed E-state index contributed by atoms with van der Waals surface area (Å²) in [7, 11) is 0. The van der Waals surface area contributed by atoms with Crippen LogP contribution in [-0.4, -0.2) is 10.0 Å². The number of hydrogen-bond donors (Lipinski definition) is 1. The maximum Gasteiger partial charge on any atom is 0.269 e. The van der Waals surface area contributed by atoms with E-state index < -0.39 is 4.92 Å². The fraction of sp³-hybridized carbons (Fsp3) is 0. The number of rotatable bonds is 2. The van der Waals surface area contributed by atoms with Gasteiger partial charge in [0.2, 0.25) is 0 Å². The Morgan fingerprint density at radius 3 is 2.47 bits per heavy atom. The van der Waals surface area contributed by atoms with Gasteiger partial charge in [0.15, 0.2) is 0 Å². The van der Waals surface area contributed by atoms with E-state index in [4.69, 9.17) is 0 Å². The third kappa shape index (κ3) is 2.15. The number of nitro benzene ring substituents is 1. The second-order valence-electron chi connectivity index (χ2n) is 4.14. The number of hydrogen-bond acceptors (Lipinski definition) is 4. The van der Waals surface area contributed by atoms with E-state index in [2.05, 4.69) is 0 Å². The molecule has 4 nitrogen and oxygen atoms in total. The lowest BCUT2D eigenvalue weighted by Crippen LogP contribution is -1.86. The molecule has 1 aromatic heterocycles. The molecule has 0 amide bonds. The minimum atomic E-state index is -0.410. The van der Waals surface area contributed by atoms with Gasteiger partial charge in [0.05, 0.1) is 4.92 Å². The predicted octanol–water partition coefficient (Wildman–Crippen LogP) is 4.18. The van der Waals surface area contributed by atoms with Crippen molar-refractivity contribution in [3.05, 3.63) is 58.6 Å². The number of thiophene rings is 1. The lowest BCUT2D eigenvalue weighted by molar-refractivity contribution is -0.384. The van der Waals surface area contributed by atoms with Crippen molar-refractivity contribution in [3.8, 4) is 16.2 Å². The smallest absolute Gasteiger partial charge is 0.269 e. The van der Waals surface area contributed by atoms with E-state index in [1.807, 2.05) is 12.1 Å². The number of aromatic hydroxyl groups is 1. The van der Waals surface area contributed by atoms with E-state index in [0.717, 1.165) is 20.5 Å². The summed E-state index contributed by atoms with van der Waals surface area (Å²) >= 11 is 1.55. The molecule has 1 N–H and O–H groups in total. The van der Waals surface area contributed by atoms with Crippen LogP contribution in [0.1, 0.15) is 0 Å². The Hall–Kier alpha value is -2.40. The van der Waals surface area contributed by atoms with E-state index in [0.29, 0.717) is 0 Å². The van der Waals surface area contributed by atoms with Crippen LogP contribution in [0.4, 0.5) is 5.69 Å². The number of phenols is 1. The minimum Gasteiger partial charge on any atom is -0.508 e. The van der Waals surface area contributed by atoms with E-state index in [1.165, 1.54) is 12.1 Å². The highest BCUT2D eigenvalue weighted by Crippen LogP contribution is 2.35. The predicted molar refractivity (Wildman–Crippen MR) is 75.6 cm³/mol. The number of benzene rings is 2. The third-order valence-electron chi connectivity index (χ3n) is 2.87. The Kier molecular flexibility index (Phi) is 2.68. The summed E-state index contributed by atoms with van der Waals surface area (Å²) in [5.74, 6) is 0.240. The van der Waals surface area contributed by atoms with Crippen molar-refractivity contribution >= 4 is 27.1 Å². The van der Waals surface area contributed by atoms with Crippen LogP contribution in [0.2, 0.25) is 0 Å². The monoisotopic (exact) mass is 271 g/mol. The average molecular weight is 271 g/mol. The number of fused-ring (bicyclic) bond motifs is 1. The van der Waals surface area contributed by atoms with Gasteiger partial charge in [0.1, 0.15) is 5.75 Å². The summed E-state index contributed by atoms with van der Waals surface area (Å²) in [6.07, 6.45) is 0. The van der Waals surface area contributed by atoms with Crippen molar-refractivity contribution in [2.45, 2.75) is 0 Å². The molecule has 0 spiro atoms. The molecule has 1 heterocycles. The van der Waals surface area contributed by atoms with Gasteiger partial charge < -0.3 is 5.11 Å². The van der Waals surface area contributed by atoms with Gasteiger partial charge in [-0.15, -0.1) is 11.3 Å². The first-order valence-corrected chi connectivity index (χ1v) is 6.42. The molecule has 0 aliphatic rings. The van der Waals surface area contributed by atoms with Crippen LogP contribution in [0.3, 0.4) is 0 Å². The zero-order valence-corrected chi connectivity index (χ0v) is 10.6. The molecule has 0 saturated heterocycles. The molecule has 0 fully saturated rings. The SMILES string of the molecule is O=[N+]([O-])c1ccc(-c2cc3ccc(O)cc3s2)cc1. The Labute approximate surface area is 112 Å². The van der Waals surface area contributed by atoms with Gasteiger partial charge in [-0.05, 0) is 47.3 Å². The van der Waals surface area contributed by atoms with Crippen molar-refractivity contribution in [3.63, 3.8) is 0 Å². The van der Waals surface area contributed by atoms with Crippen molar-refractivity contribution in [1.82, 2.24) is 0 Å². The molecule has 0 atom stereocenters. The lowest BCUT2D eigenvalue weighted by atomic mass is 10.1. The molecular formula is C14H9NO3S. The quantitative estimate of drug-likeness (QED) is 0.561. The Bertz CT molecular complexity index is 762. The van der Waals surface area contributed by atoms with E-state index in [1.54, 1.807) is 35.6 Å². The standard InChI is InChI=1S/C14H9NO3S/c16-12-6-3-10-7-13(19-14(10)8-12)9-1-4-11(5-2-9)15(17)18/h1-8,16H. The Morgan fingerprint density at radius 1 is 1.05 bits per heavy atom. The summed E-state index contributed by atoms with van der Waals surface area (Å²) in [6.45, 7) is 0. The Balaban J connectivity index is 2.06. The van der Waals surface area contributed by atoms with Gasteiger partial charge in [0.25, 0.3) is 5.69 Å². The molecule has 0 saturated carbocycles. The van der Waals surface area contributed by atoms with Crippen LogP contribution >= 0.6 is 11.3 Å². The zero-order chi connectivity index (χ0) is 13.4. The van der Waals surface area contributed by atoms with Gasteiger partial charge >= 0.3 is 0 Å². The topological polar surface area (TPSA) is 63.4 Å². The van der Waals surface area contributed by atoms with Gasteiger partial charge in [-0.3, -0.25) is 10.1 Å². The highest BCUT2D eigenvalue weighted by atomic mass is 32.1. The van der Waals surface area contributed by atoms with Crippen molar-refractivity contribution in [2.24, 2.45) is 0 Å². The summed E-state index contributed by atoms with van der Waals surface area (Å²) in [4.78, 5) is 11.2. The Morgan fingerprint density at radius 2 is 1.79 bits per heavy atom. The van der Waals surface area contributed by atoms with E-state index in [-0.39, 0.29) is 11.4 Å². The molecule has 0 aliphatic heterocycles. The second-order valence-corrected chi connectivity index (χ2v) is 5.22. The van der Waals surface area contributed by atoms with Crippen molar-refractivity contribution in [1.29, 1.82) is 0 Å². The highest BCUT2D eigenvalue weighted by Gasteiger charge is 2.08. The van der Waals surface area contributed by atoms with Crippen molar-refractivity contribution in [2.75, 3.05) is 0 Å². The summed E-state index contributed by atoms with van der Waals surface area (Å²) in [5.41, 5.74) is 1.02. The molecule has 2 aromatic carbocycles. The summed E-state index contributed by atoms with van der Waals surface area (Å²) in [6, 6.07) is 13.7. The van der Waals surface area contributed by atoms with Crippen LogP contribution in [0.25, 0.3) is 20.5 Å². The largest absolute Gasteiger partial charge is 0.508 e. The summed E-state index contributed by atoms with van der Waals surface area (Å²) in [5, 5.41) is 21.1. The maximum absolute atomic E-state index is 10.6. The first kappa shape index (κ1) is 11.7. The molecule has 94 valence electrons. The maximum atomic E-state index is 10.6.